The highest BCUT2D eigenvalue weighted by molar-refractivity contribution is 5.99. The van der Waals surface area contributed by atoms with Crippen molar-refractivity contribution in [3.63, 3.8) is 0 Å². The van der Waals surface area contributed by atoms with Crippen LogP contribution < -0.4 is 5.32 Å². The Kier molecular flexibility index (Phi) is 5.35. The molecular formula is C21H25N5O. The number of aryl methyl sites for hydroxylation is 1. The van der Waals surface area contributed by atoms with Crippen molar-refractivity contribution in [2.45, 2.75) is 40.3 Å². The Bertz CT molecular complexity index is 898. The molecule has 0 aliphatic heterocycles. The van der Waals surface area contributed by atoms with Crippen LogP contribution in [-0.4, -0.2) is 31.5 Å². The van der Waals surface area contributed by atoms with Gasteiger partial charge in [0.25, 0.3) is 5.91 Å². The molecule has 0 bridgehead atoms. The average Bonchev–Trinajstić information content (AvgIpc) is 3.14. The predicted octanol–water partition coefficient (Wildman–Crippen LogP) is 3.49. The second kappa shape index (κ2) is 7.70. The molecule has 1 N–H and O–H groups in total. The van der Waals surface area contributed by atoms with Crippen LogP contribution >= 0.6 is 0 Å². The minimum Gasteiger partial charge on any atom is -0.347 e. The van der Waals surface area contributed by atoms with Crippen molar-refractivity contribution in [3.05, 3.63) is 66.6 Å². The molecule has 0 radical (unpaired) electrons. The summed E-state index contributed by atoms with van der Waals surface area (Å²) in [6.45, 7) is 8.80. The topological polar surface area (TPSA) is 72.7 Å². The molecule has 0 saturated heterocycles. The Labute approximate surface area is 159 Å². The number of carbonyl (C=O) groups is 1. The third-order valence-electron chi connectivity index (χ3n) is 4.50. The van der Waals surface area contributed by atoms with E-state index in [1.165, 1.54) is 0 Å². The molecule has 0 aliphatic rings. The first-order chi connectivity index (χ1) is 12.8. The summed E-state index contributed by atoms with van der Waals surface area (Å²) in [4.78, 5) is 26.0. The number of hydrogen-bond acceptors (Lipinski definition) is 4. The van der Waals surface area contributed by atoms with Crippen LogP contribution in [0.2, 0.25) is 0 Å². The fraction of sp³-hybridized carbons (Fsp3) is 0.333. The SMILES string of the molecule is Cc1ncc(C(=O)N[C@@H](Cn2ccnc2)C(C)(C)C)c(-c2ccccc2)n1. The summed E-state index contributed by atoms with van der Waals surface area (Å²) in [5.41, 5.74) is 1.90. The van der Waals surface area contributed by atoms with Gasteiger partial charge in [0.2, 0.25) is 0 Å². The highest BCUT2D eigenvalue weighted by Crippen LogP contribution is 2.24. The van der Waals surface area contributed by atoms with Gasteiger partial charge in [-0.15, -0.1) is 0 Å². The zero-order valence-corrected chi connectivity index (χ0v) is 16.2. The van der Waals surface area contributed by atoms with E-state index in [9.17, 15) is 4.79 Å². The maximum Gasteiger partial charge on any atom is 0.255 e. The molecule has 2 aromatic heterocycles. The fourth-order valence-electron chi connectivity index (χ4n) is 2.83. The smallest absolute Gasteiger partial charge is 0.255 e. The van der Waals surface area contributed by atoms with Crippen molar-refractivity contribution in [3.8, 4) is 11.3 Å². The molecule has 27 heavy (non-hydrogen) atoms. The van der Waals surface area contributed by atoms with E-state index in [1.807, 2.05) is 48.0 Å². The van der Waals surface area contributed by atoms with Crippen LogP contribution in [0.4, 0.5) is 0 Å². The monoisotopic (exact) mass is 363 g/mol. The molecule has 0 saturated carbocycles. The third kappa shape index (κ3) is 4.58. The summed E-state index contributed by atoms with van der Waals surface area (Å²) in [5, 5.41) is 3.17. The Balaban J connectivity index is 1.90. The fourth-order valence-corrected chi connectivity index (χ4v) is 2.83. The summed E-state index contributed by atoms with van der Waals surface area (Å²) in [5.74, 6) is 0.463. The Hall–Kier alpha value is -3.02. The minimum atomic E-state index is -0.172. The van der Waals surface area contributed by atoms with Gasteiger partial charge in [0.15, 0.2) is 0 Å². The largest absolute Gasteiger partial charge is 0.347 e. The van der Waals surface area contributed by atoms with E-state index in [1.54, 1.807) is 18.7 Å². The molecule has 0 unspecified atom stereocenters. The van der Waals surface area contributed by atoms with Gasteiger partial charge >= 0.3 is 0 Å². The van der Waals surface area contributed by atoms with Crippen molar-refractivity contribution in [2.24, 2.45) is 5.41 Å². The van der Waals surface area contributed by atoms with Crippen LogP contribution in [0.5, 0.6) is 0 Å². The van der Waals surface area contributed by atoms with E-state index < -0.39 is 0 Å². The van der Waals surface area contributed by atoms with Crippen molar-refractivity contribution < 1.29 is 4.79 Å². The van der Waals surface area contributed by atoms with Crippen molar-refractivity contribution in [1.29, 1.82) is 0 Å². The lowest BCUT2D eigenvalue weighted by molar-refractivity contribution is 0.0892. The molecule has 3 rings (SSSR count). The van der Waals surface area contributed by atoms with Crippen molar-refractivity contribution in [1.82, 2.24) is 24.8 Å². The third-order valence-corrected chi connectivity index (χ3v) is 4.50. The molecule has 1 atom stereocenters. The van der Waals surface area contributed by atoms with Gasteiger partial charge in [-0.1, -0.05) is 51.1 Å². The highest BCUT2D eigenvalue weighted by atomic mass is 16.1. The molecular weight excluding hydrogens is 338 g/mol. The summed E-state index contributed by atoms with van der Waals surface area (Å²) in [7, 11) is 0. The van der Waals surface area contributed by atoms with Crippen LogP contribution in [-0.2, 0) is 6.54 Å². The molecule has 6 nitrogen and oxygen atoms in total. The van der Waals surface area contributed by atoms with Gasteiger partial charge in [-0.25, -0.2) is 15.0 Å². The summed E-state index contributed by atoms with van der Waals surface area (Å²) in [6.07, 6.45) is 7.00. The summed E-state index contributed by atoms with van der Waals surface area (Å²) >= 11 is 0. The number of nitrogens with one attached hydrogen (secondary N) is 1. The zero-order valence-electron chi connectivity index (χ0n) is 16.2. The van der Waals surface area contributed by atoms with Crippen molar-refractivity contribution in [2.75, 3.05) is 0 Å². The van der Waals surface area contributed by atoms with Gasteiger partial charge < -0.3 is 9.88 Å². The van der Waals surface area contributed by atoms with Crippen LogP contribution in [0.3, 0.4) is 0 Å². The van der Waals surface area contributed by atoms with E-state index in [0.717, 1.165) is 5.56 Å². The van der Waals surface area contributed by atoms with E-state index >= 15 is 0 Å². The molecule has 2 heterocycles. The molecule has 140 valence electrons. The molecule has 1 amide bonds. The Morgan fingerprint density at radius 3 is 2.59 bits per heavy atom. The van der Waals surface area contributed by atoms with Gasteiger partial charge in [-0.3, -0.25) is 4.79 Å². The maximum absolute atomic E-state index is 13.1. The van der Waals surface area contributed by atoms with Crippen LogP contribution in [0.15, 0.2) is 55.2 Å². The summed E-state index contributed by atoms with van der Waals surface area (Å²) in [6, 6.07) is 9.63. The molecule has 0 spiro atoms. The number of amides is 1. The minimum absolute atomic E-state index is 0.0795. The lowest BCUT2D eigenvalue weighted by Crippen LogP contribution is -2.46. The van der Waals surface area contributed by atoms with Crippen LogP contribution in [0.1, 0.15) is 37.0 Å². The lowest BCUT2D eigenvalue weighted by Gasteiger charge is -2.32. The van der Waals surface area contributed by atoms with Gasteiger partial charge in [-0.2, -0.15) is 0 Å². The quantitative estimate of drug-likeness (QED) is 0.753. The first kappa shape index (κ1) is 18.8. The number of hydrogen-bond donors (Lipinski definition) is 1. The number of imidazole rings is 1. The first-order valence-corrected chi connectivity index (χ1v) is 9.00. The maximum atomic E-state index is 13.1. The number of nitrogens with zero attached hydrogens (tertiary/aromatic N) is 4. The van der Waals surface area contributed by atoms with Gasteiger partial charge in [0.05, 0.1) is 23.6 Å². The number of benzene rings is 1. The van der Waals surface area contributed by atoms with E-state index in [4.69, 9.17) is 0 Å². The Morgan fingerprint density at radius 2 is 1.96 bits per heavy atom. The van der Waals surface area contributed by atoms with Crippen LogP contribution in [0.25, 0.3) is 11.3 Å². The van der Waals surface area contributed by atoms with Crippen LogP contribution in [0, 0.1) is 12.3 Å². The highest BCUT2D eigenvalue weighted by Gasteiger charge is 2.28. The normalized spacial score (nSPS) is 12.6. The Morgan fingerprint density at radius 1 is 1.22 bits per heavy atom. The summed E-state index contributed by atoms with van der Waals surface area (Å²) < 4.78 is 1.97. The second-order valence-electron chi connectivity index (χ2n) is 7.70. The predicted molar refractivity (Wildman–Crippen MR) is 105 cm³/mol. The first-order valence-electron chi connectivity index (χ1n) is 9.00. The number of carbonyl (C=O) groups excluding carboxylic acids is 1. The lowest BCUT2D eigenvalue weighted by atomic mass is 9.86. The van der Waals surface area contributed by atoms with E-state index in [-0.39, 0.29) is 17.4 Å². The zero-order chi connectivity index (χ0) is 19.4. The molecule has 0 fully saturated rings. The van der Waals surface area contributed by atoms with Gasteiger partial charge in [-0.05, 0) is 12.3 Å². The number of rotatable bonds is 5. The van der Waals surface area contributed by atoms with Gasteiger partial charge in [0.1, 0.15) is 5.82 Å². The standard InChI is InChI=1S/C21H25N5O/c1-15-23-12-17(19(24-15)16-8-6-5-7-9-16)20(27)25-18(21(2,3)4)13-26-11-10-22-14-26/h5-12,14,18H,13H2,1-4H3,(H,25,27)/t18-/m0/s1. The molecule has 3 aromatic rings. The number of aromatic nitrogens is 4. The second-order valence-corrected chi connectivity index (χ2v) is 7.70. The van der Waals surface area contributed by atoms with E-state index in [0.29, 0.717) is 23.6 Å². The molecule has 0 aliphatic carbocycles. The average molecular weight is 363 g/mol. The molecule has 1 aromatic carbocycles. The van der Waals surface area contributed by atoms with Gasteiger partial charge in [0, 0.05) is 30.7 Å². The van der Waals surface area contributed by atoms with E-state index in [2.05, 4.69) is 41.0 Å². The molecule has 6 heteroatoms. The van der Waals surface area contributed by atoms with Crippen molar-refractivity contribution >= 4 is 5.91 Å².